The molecule has 0 aromatic heterocycles. The monoisotopic (exact) mass is 398 g/mol. The van der Waals surface area contributed by atoms with Crippen LogP contribution in [0.3, 0.4) is 0 Å². The molecule has 3 aromatic carbocycles. The fraction of sp³-hybridized carbons (Fsp3) is 0.269. The number of fused-ring (bicyclic) bond motifs is 1. The summed E-state index contributed by atoms with van der Waals surface area (Å²) in [5.74, 6) is 0.880. The van der Waals surface area contributed by atoms with Crippen molar-refractivity contribution in [2.45, 2.75) is 31.8 Å². The van der Waals surface area contributed by atoms with Gasteiger partial charge in [0.15, 0.2) is 0 Å². The van der Waals surface area contributed by atoms with E-state index in [2.05, 4.69) is 34.9 Å². The van der Waals surface area contributed by atoms with Crippen molar-refractivity contribution >= 4 is 5.91 Å². The first-order valence-corrected chi connectivity index (χ1v) is 10.7. The number of amides is 1. The number of aromatic hydroxyl groups is 1. The summed E-state index contributed by atoms with van der Waals surface area (Å²) < 4.78 is 0. The van der Waals surface area contributed by atoms with Crippen molar-refractivity contribution in [1.82, 2.24) is 10.6 Å². The molecule has 5 rings (SSSR count). The Morgan fingerprint density at radius 2 is 1.90 bits per heavy atom. The number of carbonyl (C=O) groups excluding carboxylic acids is 1. The van der Waals surface area contributed by atoms with Gasteiger partial charge in [-0.05, 0) is 70.8 Å². The number of carbonyl (C=O) groups is 1. The maximum atomic E-state index is 12.7. The second kappa shape index (κ2) is 7.96. The van der Waals surface area contributed by atoms with Crippen LogP contribution < -0.4 is 10.6 Å². The zero-order chi connectivity index (χ0) is 20.5. The maximum absolute atomic E-state index is 12.7. The zero-order valence-corrected chi connectivity index (χ0v) is 16.9. The molecule has 0 spiro atoms. The Kier molecular flexibility index (Phi) is 5.01. The van der Waals surface area contributed by atoms with Crippen LogP contribution in [0.4, 0.5) is 0 Å². The summed E-state index contributed by atoms with van der Waals surface area (Å²) in [6.45, 7) is 2.31. The Morgan fingerprint density at radius 1 is 1.03 bits per heavy atom. The predicted octanol–water partition coefficient (Wildman–Crippen LogP) is 4.12. The SMILES string of the molecule is O=C(NCc1ccc(-c2cccc(O)c2)c2c1CNCC2)C1CC1c1ccccc1. The minimum Gasteiger partial charge on any atom is -0.508 e. The molecule has 1 amide bonds. The molecule has 0 radical (unpaired) electrons. The minimum absolute atomic E-state index is 0.0907. The molecule has 2 atom stereocenters. The van der Waals surface area contributed by atoms with E-state index >= 15 is 0 Å². The van der Waals surface area contributed by atoms with Crippen molar-refractivity contribution in [3.05, 3.63) is 89.0 Å². The second-order valence-corrected chi connectivity index (χ2v) is 8.28. The molecule has 0 saturated heterocycles. The Morgan fingerprint density at radius 3 is 2.73 bits per heavy atom. The van der Waals surface area contributed by atoms with E-state index in [9.17, 15) is 9.90 Å². The Balaban J connectivity index is 1.32. The van der Waals surface area contributed by atoms with Crippen molar-refractivity contribution in [3.8, 4) is 16.9 Å². The van der Waals surface area contributed by atoms with E-state index in [-0.39, 0.29) is 17.6 Å². The summed E-state index contributed by atoms with van der Waals surface area (Å²) in [6, 6.07) is 22.0. The Hall–Kier alpha value is -3.11. The molecule has 1 heterocycles. The van der Waals surface area contributed by atoms with Crippen LogP contribution in [-0.4, -0.2) is 17.6 Å². The van der Waals surface area contributed by atoms with Gasteiger partial charge in [0.25, 0.3) is 0 Å². The summed E-state index contributed by atoms with van der Waals surface area (Å²) in [7, 11) is 0. The van der Waals surface area contributed by atoms with Gasteiger partial charge in [-0.2, -0.15) is 0 Å². The molecule has 1 aliphatic carbocycles. The molecule has 3 aromatic rings. The average Bonchev–Trinajstić information content (AvgIpc) is 3.59. The van der Waals surface area contributed by atoms with Gasteiger partial charge >= 0.3 is 0 Å². The Labute approximate surface area is 177 Å². The van der Waals surface area contributed by atoms with Gasteiger partial charge in [-0.1, -0.05) is 54.6 Å². The third-order valence-corrected chi connectivity index (χ3v) is 6.35. The van der Waals surface area contributed by atoms with Crippen molar-refractivity contribution in [1.29, 1.82) is 0 Å². The smallest absolute Gasteiger partial charge is 0.224 e. The molecule has 1 saturated carbocycles. The lowest BCUT2D eigenvalue weighted by molar-refractivity contribution is -0.122. The molecule has 1 aliphatic heterocycles. The molecule has 30 heavy (non-hydrogen) atoms. The summed E-state index contributed by atoms with van der Waals surface area (Å²) in [5.41, 5.74) is 7.23. The van der Waals surface area contributed by atoms with Crippen LogP contribution in [0.15, 0.2) is 66.7 Å². The summed E-state index contributed by atoms with van der Waals surface area (Å²) in [6.07, 6.45) is 1.88. The van der Waals surface area contributed by atoms with Gasteiger partial charge in [0.05, 0.1) is 0 Å². The van der Waals surface area contributed by atoms with Gasteiger partial charge in [-0.25, -0.2) is 0 Å². The van der Waals surface area contributed by atoms with Gasteiger partial charge in [0.1, 0.15) is 5.75 Å². The van der Waals surface area contributed by atoms with Crippen LogP contribution in [0.5, 0.6) is 5.75 Å². The van der Waals surface area contributed by atoms with Gasteiger partial charge in [-0.15, -0.1) is 0 Å². The van der Waals surface area contributed by atoms with E-state index in [1.165, 1.54) is 27.8 Å². The van der Waals surface area contributed by atoms with E-state index in [0.717, 1.165) is 31.5 Å². The quantitative estimate of drug-likeness (QED) is 0.606. The average molecular weight is 399 g/mol. The molecule has 152 valence electrons. The number of benzene rings is 3. The fourth-order valence-electron chi connectivity index (χ4n) is 4.65. The largest absolute Gasteiger partial charge is 0.508 e. The van der Waals surface area contributed by atoms with E-state index < -0.39 is 0 Å². The lowest BCUT2D eigenvalue weighted by Gasteiger charge is -2.24. The highest BCUT2D eigenvalue weighted by Crippen LogP contribution is 2.47. The summed E-state index contributed by atoms with van der Waals surface area (Å²) >= 11 is 0. The number of nitrogens with one attached hydrogen (secondary N) is 2. The van der Waals surface area contributed by atoms with Gasteiger partial charge in [0.2, 0.25) is 5.91 Å². The highest BCUT2D eigenvalue weighted by molar-refractivity contribution is 5.83. The highest BCUT2D eigenvalue weighted by atomic mass is 16.3. The van der Waals surface area contributed by atoms with Crippen LogP contribution in [0.1, 0.15) is 34.6 Å². The molecule has 4 nitrogen and oxygen atoms in total. The molecule has 4 heteroatoms. The molecule has 2 unspecified atom stereocenters. The third kappa shape index (κ3) is 3.71. The van der Waals surface area contributed by atoms with Crippen LogP contribution in [0.2, 0.25) is 0 Å². The number of phenols is 1. The van der Waals surface area contributed by atoms with Crippen molar-refractivity contribution in [3.63, 3.8) is 0 Å². The molecule has 3 N–H and O–H groups in total. The summed E-state index contributed by atoms with van der Waals surface area (Å²) in [4.78, 5) is 12.7. The number of hydrogen-bond acceptors (Lipinski definition) is 3. The predicted molar refractivity (Wildman–Crippen MR) is 118 cm³/mol. The number of hydrogen-bond donors (Lipinski definition) is 3. The van der Waals surface area contributed by atoms with Crippen molar-refractivity contribution in [2.75, 3.05) is 6.54 Å². The third-order valence-electron chi connectivity index (χ3n) is 6.35. The van der Waals surface area contributed by atoms with Crippen LogP contribution in [-0.2, 0) is 24.3 Å². The topological polar surface area (TPSA) is 61.4 Å². The molecular weight excluding hydrogens is 372 g/mol. The van der Waals surface area contributed by atoms with Crippen molar-refractivity contribution < 1.29 is 9.90 Å². The van der Waals surface area contributed by atoms with E-state index in [1.54, 1.807) is 6.07 Å². The van der Waals surface area contributed by atoms with Crippen LogP contribution in [0, 0.1) is 5.92 Å². The second-order valence-electron chi connectivity index (χ2n) is 8.28. The van der Waals surface area contributed by atoms with Crippen LogP contribution >= 0.6 is 0 Å². The van der Waals surface area contributed by atoms with E-state index in [1.807, 2.05) is 36.4 Å². The first-order chi connectivity index (χ1) is 14.7. The number of rotatable bonds is 5. The van der Waals surface area contributed by atoms with Gasteiger partial charge in [0, 0.05) is 19.0 Å². The highest BCUT2D eigenvalue weighted by Gasteiger charge is 2.43. The van der Waals surface area contributed by atoms with Crippen molar-refractivity contribution in [2.24, 2.45) is 5.92 Å². The molecule has 1 fully saturated rings. The minimum atomic E-state index is 0.0907. The standard InChI is InChI=1S/C26H26N2O2/c29-20-8-4-7-18(13-20)21-10-9-19(25-16-27-12-11-22(21)25)15-28-26(30)24-14-23(24)17-5-2-1-3-6-17/h1-10,13,23-24,27,29H,11-12,14-16H2,(H,28,30). The lowest BCUT2D eigenvalue weighted by Crippen LogP contribution is -2.29. The van der Waals surface area contributed by atoms with Gasteiger partial charge < -0.3 is 15.7 Å². The van der Waals surface area contributed by atoms with Crippen LogP contribution in [0.25, 0.3) is 11.1 Å². The fourth-order valence-corrected chi connectivity index (χ4v) is 4.65. The van der Waals surface area contributed by atoms with E-state index in [4.69, 9.17) is 0 Å². The normalized spacial score (nSPS) is 19.7. The first kappa shape index (κ1) is 18.9. The molecular formula is C26H26N2O2. The molecule has 0 bridgehead atoms. The zero-order valence-electron chi connectivity index (χ0n) is 16.9. The first-order valence-electron chi connectivity index (χ1n) is 10.7. The van der Waals surface area contributed by atoms with Gasteiger partial charge in [-0.3, -0.25) is 4.79 Å². The molecule has 2 aliphatic rings. The Bertz CT molecular complexity index is 1080. The van der Waals surface area contributed by atoms with E-state index in [0.29, 0.717) is 12.5 Å². The lowest BCUT2D eigenvalue weighted by atomic mass is 9.88. The number of phenolic OH excluding ortho intramolecular Hbond substituents is 1. The maximum Gasteiger partial charge on any atom is 0.224 e. The summed E-state index contributed by atoms with van der Waals surface area (Å²) in [5, 5.41) is 16.5.